The molecule has 0 atom stereocenters. The minimum atomic E-state index is -0.321. The number of anilines is 1. The first-order valence-electron chi connectivity index (χ1n) is 5.09. The van der Waals surface area contributed by atoms with Crippen LogP contribution in [0.15, 0.2) is 23.4 Å². The van der Waals surface area contributed by atoms with Crippen LogP contribution in [0.5, 0.6) is 0 Å². The molecule has 7 heteroatoms. The summed E-state index contributed by atoms with van der Waals surface area (Å²) in [4.78, 5) is 28.8. The van der Waals surface area contributed by atoms with Crippen LogP contribution in [0, 0.1) is 0 Å². The number of carbonyl (C=O) groups is 2. The summed E-state index contributed by atoms with van der Waals surface area (Å²) < 4.78 is 0. The van der Waals surface area contributed by atoms with Gasteiger partial charge in [-0.1, -0.05) is 0 Å². The monoisotopic (exact) mass is 252 g/mol. The van der Waals surface area contributed by atoms with Crippen LogP contribution >= 0.6 is 11.8 Å². The number of pyridine rings is 1. The van der Waals surface area contributed by atoms with E-state index in [1.54, 1.807) is 12.3 Å². The third-order valence-electron chi connectivity index (χ3n) is 2.32. The van der Waals surface area contributed by atoms with E-state index in [4.69, 9.17) is 5.73 Å². The molecule has 1 aromatic heterocycles. The number of hydrogen-bond donors (Lipinski definition) is 2. The van der Waals surface area contributed by atoms with Gasteiger partial charge in [-0.05, 0) is 6.07 Å². The molecule has 1 fully saturated rings. The molecule has 0 radical (unpaired) electrons. The van der Waals surface area contributed by atoms with Crippen LogP contribution in [0.3, 0.4) is 0 Å². The Morgan fingerprint density at radius 3 is 3.12 bits per heavy atom. The molecule has 0 unspecified atom stereocenters. The summed E-state index contributed by atoms with van der Waals surface area (Å²) in [6.07, 6.45) is 3.15. The van der Waals surface area contributed by atoms with E-state index in [-0.39, 0.29) is 17.7 Å². The molecule has 0 saturated carbocycles. The maximum absolute atomic E-state index is 11.7. The largest absolute Gasteiger partial charge is 0.397 e. The Morgan fingerprint density at radius 2 is 2.47 bits per heavy atom. The topological polar surface area (TPSA) is 88.3 Å². The number of nitrogens with two attached hydrogens (primary N) is 1. The number of imide groups is 1. The lowest BCUT2D eigenvalue weighted by Gasteiger charge is -2.11. The molecule has 0 aromatic carbocycles. The number of carbonyl (C=O) groups excluding carboxylic acids is 2. The highest BCUT2D eigenvalue weighted by molar-refractivity contribution is 8.00. The Morgan fingerprint density at radius 1 is 1.65 bits per heavy atom. The third kappa shape index (κ3) is 2.68. The molecule has 2 rings (SSSR count). The molecule has 3 amide bonds. The lowest BCUT2D eigenvalue weighted by Crippen LogP contribution is -2.35. The summed E-state index contributed by atoms with van der Waals surface area (Å²) in [5.41, 5.74) is 6.24. The van der Waals surface area contributed by atoms with Gasteiger partial charge >= 0.3 is 6.03 Å². The van der Waals surface area contributed by atoms with Gasteiger partial charge in [-0.15, -0.1) is 11.8 Å². The van der Waals surface area contributed by atoms with Gasteiger partial charge in [0.15, 0.2) is 0 Å². The number of aromatic nitrogens is 1. The average molecular weight is 252 g/mol. The van der Waals surface area contributed by atoms with Gasteiger partial charge in [0.1, 0.15) is 0 Å². The fourth-order valence-electron chi connectivity index (χ4n) is 1.45. The Hall–Kier alpha value is -1.76. The molecule has 17 heavy (non-hydrogen) atoms. The van der Waals surface area contributed by atoms with E-state index in [1.165, 1.54) is 22.9 Å². The van der Waals surface area contributed by atoms with Gasteiger partial charge in [-0.25, -0.2) is 4.79 Å². The predicted octanol–water partition coefficient (Wildman–Crippen LogP) is 0.308. The summed E-state index contributed by atoms with van der Waals surface area (Å²) >= 11 is 1.31. The number of nitrogens with zero attached hydrogens (tertiary/aromatic N) is 2. The van der Waals surface area contributed by atoms with Crippen molar-refractivity contribution < 1.29 is 9.59 Å². The maximum Gasteiger partial charge on any atom is 0.324 e. The molecule has 3 N–H and O–H groups in total. The Labute approximate surface area is 103 Å². The zero-order valence-electron chi connectivity index (χ0n) is 9.05. The van der Waals surface area contributed by atoms with Crippen molar-refractivity contribution in [3.63, 3.8) is 0 Å². The fraction of sp³-hybridized carbons (Fsp3) is 0.300. The van der Waals surface area contributed by atoms with Gasteiger partial charge in [0.25, 0.3) is 0 Å². The normalized spacial score (nSPS) is 14.8. The van der Waals surface area contributed by atoms with Crippen molar-refractivity contribution in [2.75, 3.05) is 24.6 Å². The Kier molecular flexibility index (Phi) is 3.48. The number of nitrogen functional groups attached to an aromatic ring is 1. The van der Waals surface area contributed by atoms with E-state index in [9.17, 15) is 9.59 Å². The van der Waals surface area contributed by atoms with Crippen molar-refractivity contribution in [2.45, 2.75) is 4.90 Å². The van der Waals surface area contributed by atoms with Crippen molar-refractivity contribution in [3.05, 3.63) is 18.5 Å². The van der Waals surface area contributed by atoms with E-state index >= 15 is 0 Å². The molecule has 2 heterocycles. The van der Waals surface area contributed by atoms with Gasteiger partial charge in [-0.2, -0.15) is 0 Å². The first kappa shape index (κ1) is 11.7. The number of amides is 3. The highest BCUT2D eigenvalue weighted by atomic mass is 32.2. The molecule has 0 bridgehead atoms. The minimum absolute atomic E-state index is 0.196. The number of hydrogen-bond acceptors (Lipinski definition) is 5. The first-order chi connectivity index (χ1) is 8.18. The van der Waals surface area contributed by atoms with Crippen LogP contribution in [-0.4, -0.2) is 40.7 Å². The van der Waals surface area contributed by atoms with Crippen LogP contribution in [0.2, 0.25) is 0 Å². The number of nitrogens with one attached hydrogen (secondary N) is 1. The maximum atomic E-state index is 11.7. The minimum Gasteiger partial charge on any atom is -0.397 e. The summed E-state index contributed by atoms with van der Waals surface area (Å²) in [5, 5.41) is 2.58. The Bertz CT molecular complexity index is 452. The molecule has 1 saturated heterocycles. The van der Waals surface area contributed by atoms with Crippen LogP contribution in [0.25, 0.3) is 0 Å². The number of thioether (sulfide) groups is 1. The lowest BCUT2D eigenvalue weighted by atomic mass is 10.4. The molecular formula is C10H12N4O2S. The standard InChI is InChI=1S/C10H12N4O2S/c11-7-5-12-2-1-8(7)17-6-9(15)14-4-3-13-10(14)16/h1-2,5H,3-4,6,11H2,(H,13,16). The third-order valence-corrected chi connectivity index (χ3v) is 3.39. The van der Waals surface area contributed by atoms with Crippen LogP contribution < -0.4 is 11.1 Å². The number of rotatable bonds is 3. The summed E-state index contributed by atoms with van der Waals surface area (Å²) in [5.74, 6) is -0.0111. The molecule has 6 nitrogen and oxygen atoms in total. The second-order valence-corrected chi connectivity index (χ2v) is 4.50. The second-order valence-electron chi connectivity index (χ2n) is 3.48. The van der Waals surface area contributed by atoms with Crippen molar-refractivity contribution in [1.82, 2.24) is 15.2 Å². The molecule has 90 valence electrons. The van der Waals surface area contributed by atoms with Crippen LogP contribution in [0.1, 0.15) is 0 Å². The van der Waals surface area contributed by atoms with Crippen molar-refractivity contribution >= 4 is 29.4 Å². The molecule has 1 aliphatic heterocycles. The lowest BCUT2D eigenvalue weighted by molar-refractivity contribution is -0.124. The van der Waals surface area contributed by atoms with Crippen molar-refractivity contribution in [3.8, 4) is 0 Å². The van der Waals surface area contributed by atoms with Crippen molar-refractivity contribution in [2.24, 2.45) is 0 Å². The van der Waals surface area contributed by atoms with Gasteiger partial charge in [0.2, 0.25) is 5.91 Å². The van der Waals surface area contributed by atoms with Gasteiger partial charge in [0.05, 0.1) is 17.6 Å². The molecule has 0 spiro atoms. The number of urea groups is 1. The molecular weight excluding hydrogens is 240 g/mol. The van der Waals surface area contributed by atoms with Gasteiger partial charge in [0, 0.05) is 24.2 Å². The smallest absolute Gasteiger partial charge is 0.324 e. The Balaban J connectivity index is 1.92. The molecule has 1 aromatic rings. The zero-order valence-corrected chi connectivity index (χ0v) is 9.87. The van der Waals surface area contributed by atoms with Crippen LogP contribution in [0.4, 0.5) is 10.5 Å². The van der Waals surface area contributed by atoms with E-state index in [0.717, 1.165) is 4.90 Å². The fourth-order valence-corrected chi connectivity index (χ4v) is 2.26. The SMILES string of the molecule is Nc1cnccc1SCC(=O)N1CCNC1=O. The highest BCUT2D eigenvalue weighted by Gasteiger charge is 2.25. The highest BCUT2D eigenvalue weighted by Crippen LogP contribution is 2.23. The summed E-state index contributed by atoms with van der Waals surface area (Å²) in [7, 11) is 0. The zero-order chi connectivity index (χ0) is 12.3. The summed E-state index contributed by atoms with van der Waals surface area (Å²) in [6.45, 7) is 0.955. The van der Waals surface area contributed by atoms with Gasteiger partial charge < -0.3 is 11.1 Å². The van der Waals surface area contributed by atoms with Crippen LogP contribution in [-0.2, 0) is 4.79 Å². The first-order valence-corrected chi connectivity index (χ1v) is 6.07. The molecule has 1 aliphatic rings. The van der Waals surface area contributed by atoms with E-state index in [2.05, 4.69) is 10.3 Å². The van der Waals surface area contributed by atoms with Gasteiger partial charge in [-0.3, -0.25) is 14.7 Å². The van der Waals surface area contributed by atoms with E-state index in [1.807, 2.05) is 0 Å². The second kappa shape index (κ2) is 5.05. The quantitative estimate of drug-likeness (QED) is 0.756. The predicted molar refractivity (Wildman–Crippen MR) is 64.5 cm³/mol. The molecule has 0 aliphatic carbocycles. The van der Waals surface area contributed by atoms with Crippen molar-refractivity contribution in [1.29, 1.82) is 0 Å². The van der Waals surface area contributed by atoms with E-state index < -0.39 is 0 Å². The average Bonchev–Trinajstić information content (AvgIpc) is 2.74. The summed E-state index contributed by atoms with van der Waals surface area (Å²) in [6, 6.07) is 1.43. The van der Waals surface area contributed by atoms with E-state index in [0.29, 0.717) is 18.8 Å².